The third kappa shape index (κ3) is 2.44. The third-order valence-corrected chi connectivity index (χ3v) is 2.36. The lowest BCUT2D eigenvalue weighted by molar-refractivity contribution is -0.151. The SMILES string of the molecule is CC(C)C(N)CC1(C)OCCO1. The molecule has 12 heavy (non-hydrogen) atoms. The molecule has 0 aliphatic carbocycles. The van der Waals surface area contributed by atoms with E-state index >= 15 is 0 Å². The Morgan fingerprint density at radius 3 is 2.25 bits per heavy atom. The molecule has 1 aliphatic rings. The van der Waals surface area contributed by atoms with Crippen LogP contribution in [0.1, 0.15) is 27.2 Å². The van der Waals surface area contributed by atoms with Gasteiger partial charge in [-0.1, -0.05) is 13.8 Å². The fourth-order valence-corrected chi connectivity index (χ4v) is 1.34. The summed E-state index contributed by atoms with van der Waals surface area (Å²) in [6.07, 6.45) is 0.782. The van der Waals surface area contributed by atoms with Gasteiger partial charge in [-0.05, 0) is 12.8 Å². The minimum Gasteiger partial charge on any atom is -0.348 e. The van der Waals surface area contributed by atoms with Crippen molar-refractivity contribution in [2.45, 2.75) is 39.0 Å². The predicted octanol–water partition coefficient (Wildman–Crippen LogP) is 1.12. The summed E-state index contributed by atoms with van der Waals surface area (Å²) in [4.78, 5) is 0. The van der Waals surface area contributed by atoms with Gasteiger partial charge in [0.05, 0.1) is 13.2 Å². The lowest BCUT2D eigenvalue weighted by Crippen LogP contribution is -2.38. The molecule has 0 saturated carbocycles. The molecule has 0 bridgehead atoms. The summed E-state index contributed by atoms with van der Waals surface area (Å²) in [7, 11) is 0. The van der Waals surface area contributed by atoms with Crippen molar-refractivity contribution in [3.8, 4) is 0 Å². The molecule has 0 aromatic carbocycles. The highest BCUT2D eigenvalue weighted by atomic mass is 16.7. The van der Waals surface area contributed by atoms with Crippen molar-refractivity contribution in [2.24, 2.45) is 11.7 Å². The molecule has 1 aliphatic heterocycles. The largest absolute Gasteiger partial charge is 0.348 e. The van der Waals surface area contributed by atoms with Crippen LogP contribution in [0.2, 0.25) is 0 Å². The maximum absolute atomic E-state index is 5.92. The Labute approximate surface area is 74.2 Å². The zero-order chi connectivity index (χ0) is 9.19. The van der Waals surface area contributed by atoms with E-state index in [2.05, 4.69) is 13.8 Å². The van der Waals surface area contributed by atoms with E-state index in [1.54, 1.807) is 0 Å². The minimum atomic E-state index is -0.427. The molecule has 0 aromatic heterocycles. The van der Waals surface area contributed by atoms with Gasteiger partial charge in [0, 0.05) is 12.5 Å². The van der Waals surface area contributed by atoms with Crippen molar-refractivity contribution in [3.63, 3.8) is 0 Å². The van der Waals surface area contributed by atoms with E-state index in [0.29, 0.717) is 19.1 Å². The number of ether oxygens (including phenoxy) is 2. The highest BCUT2D eigenvalue weighted by molar-refractivity contribution is 4.77. The minimum absolute atomic E-state index is 0.160. The Morgan fingerprint density at radius 2 is 1.83 bits per heavy atom. The monoisotopic (exact) mass is 173 g/mol. The van der Waals surface area contributed by atoms with Crippen LogP contribution in [0.5, 0.6) is 0 Å². The van der Waals surface area contributed by atoms with Gasteiger partial charge in [-0.15, -0.1) is 0 Å². The van der Waals surface area contributed by atoms with Crippen LogP contribution in [0, 0.1) is 5.92 Å². The first-order chi connectivity index (χ1) is 5.53. The second-order valence-electron chi connectivity index (χ2n) is 3.94. The van der Waals surface area contributed by atoms with Crippen LogP contribution in [0.15, 0.2) is 0 Å². The van der Waals surface area contributed by atoms with Gasteiger partial charge in [-0.25, -0.2) is 0 Å². The first-order valence-corrected chi connectivity index (χ1v) is 4.57. The summed E-state index contributed by atoms with van der Waals surface area (Å²) >= 11 is 0. The van der Waals surface area contributed by atoms with Gasteiger partial charge in [0.25, 0.3) is 0 Å². The quantitative estimate of drug-likeness (QED) is 0.695. The molecule has 3 heteroatoms. The van der Waals surface area contributed by atoms with E-state index in [-0.39, 0.29) is 6.04 Å². The Bertz CT molecular complexity index is 141. The number of hydrogen-bond donors (Lipinski definition) is 1. The number of hydrogen-bond acceptors (Lipinski definition) is 3. The van der Waals surface area contributed by atoms with Crippen molar-refractivity contribution < 1.29 is 9.47 Å². The molecule has 1 rings (SSSR count). The molecule has 2 N–H and O–H groups in total. The van der Waals surface area contributed by atoms with E-state index in [4.69, 9.17) is 15.2 Å². The van der Waals surface area contributed by atoms with Gasteiger partial charge in [0.1, 0.15) is 0 Å². The second kappa shape index (κ2) is 3.73. The zero-order valence-corrected chi connectivity index (χ0v) is 8.17. The summed E-state index contributed by atoms with van der Waals surface area (Å²) in [5.74, 6) is 0.0542. The summed E-state index contributed by atoms with van der Waals surface area (Å²) < 4.78 is 10.9. The van der Waals surface area contributed by atoms with Crippen LogP contribution >= 0.6 is 0 Å². The van der Waals surface area contributed by atoms with Crippen molar-refractivity contribution in [3.05, 3.63) is 0 Å². The first kappa shape index (κ1) is 9.96. The van der Waals surface area contributed by atoms with E-state index in [1.165, 1.54) is 0 Å². The van der Waals surface area contributed by atoms with Crippen LogP contribution in [0.25, 0.3) is 0 Å². The van der Waals surface area contributed by atoms with Crippen LogP contribution < -0.4 is 5.73 Å². The standard InChI is InChI=1S/C9H19NO2/c1-7(2)8(10)6-9(3)11-4-5-12-9/h7-8H,4-6,10H2,1-3H3. The third-order valence-electron chi connectivity index (χ3n) is 2.36. The lowest BCUT2D eigenvalue weighted by Gasteiger charge is -2.27. The maximum Gasteiger partial charge on any atom is 0.167 e. The molecule has 1 fully saturated rings. The Kier molecular flexibility index (Phi) is 3.09. The predicted molar refractivity (Wildman–Crippen MR) is 47.7 cm³/mol. The Balaban J connectivity index is 2.38. The molecular weight excluding hydrogens is 154 g/mol. The van der Waals surface area contributed by atoms with Crippen LogP contribution in [0.3, 0.4) is 0 Å². The molecule has 1 atom stereocenters. The molecule has 1 unspecified atom stereocenters. The van der Waals surface area contributed by atoms with Gasteiger partial charge >= 0.3 is 0 Å². The van der Waals surface area contributed by atoms with Crippen molar-refractivity contribution in [2.75, 3.05) is 13.2 Å². The van der Waals surface area contributed by atoms with E-state index < -0.39 is 5.79 Å². The Morgan fingerprint density at radius 1 is 1.33 bits per heavy atom. The molecule has 3 nitrogen and oxygen atoms in total. The Hall–Kier alpha value is -0.120. The zero-order valence-electron chi connectivity index (χ0n) is 8.17. The van der Waals surface area contributed by atoms with Gasteiger partial charge < -0.3 is 15.2 Å². The average molecular weight is 173 g/mol. The molecule has 0 spiro atoms. The van der Waals surface area contributed by atoms with Gasteiger partial charge in [0.2, 0.25) is 0 Å². The number of rotatable bonds is 3. The summed E-state index contributed by atoms with van der Waals surface area (Å²) in [6, 6.07) is 0.160. The van der Waals surface area contributed by atoms with E-state index in [0.717, 1.165) is 6.42 Å². The molecule has 72 valence electrons. The lowest BCUT2D eigenvalue weighted by atomic mass is 9.98. The fourth-order valence-electron chi connectivity index (χ4n) is 1.34. The van der Waals surface area contributed by atoms with Crippen LogP contribution in [-0.4, -0.2) is 25.0 Å². The molecule has 1 heterocycles. The second-order valence-corrected chi connectivity index (χ2v) is 3.94. The molecule has 0 aromatic rings. The van der Waals surface area contributed by atoms with Gasteiger partial charge in [-0.2, -0.15) is 0 Å². The average Bonchev–Trinajstić information content (AvgIpc) is 2.35. The van der Waals surface area contributed by atoms with Gasteiger partial charge in [0.15, 0.2) is 5.79 Å². The normalized spacial score (nSPS) is 24.8. The molecular formula is C9H19NO2. The summed E-state index contributed by atoms with van der Waals surface area (Å²) in [6.45, 7) is 7.58. The van der Waals surface area contributed by atoms with Gasteiger partial charge in [-0.3, -0.25) is 0 Å². The fraction of sp³-hybridized carbons (Fsp3) is 1.00. The van der Waals surface area contributed by atoms with Crippen molar-refractivity contribution >= 4 is 0 Å². The number of nitrogens with two attached hydrogens (primary N) is 1. The molecule has 1 saturated heterocycles. The smallest absolute Gasteiger partial charge is 0.167 e. The van der Waals surface area contributed by atoms with E-state index in [1.807, 2.05) is 6.92 Å². The topological polar surface area (TPSA) is 44.5 Å². The maximum atomic E-state index is 5.92. The van der Waals surface area contributed by atoms with Crippen molar-refractivity contribution in [1.82, 2.24) is 0 Å². The first-order valence-electron chi connectivity index (χ1n) is 4.57. The van der Waals surface area contributed by atoms with Crippen LogP contribution in [-0.2, 0) is 9.47 Å². The summed E-state index contributed by atoms with van der Waals surface area (Å²) in [5, 5.41) is 0. The highest BCUT2D eigenvalue weighted by Gasteiger charge is 2.33. The molecule has 0 amide bonds. The highest BCUT2D eigenvalue weighted by Crippen LogP contribution is 2.25. The molecule has 0 radical (unpaired) electrons. The van der Waals surface area contributed by atoms with Crippen LogP contribution in [0.4, 0.5) is 0 Å². The summed E-state index contributed by atoms with van der Waals surface area (Å²) in [5.41, 5.74) is 5.92. The van der Waals surface area contributed by atoms with Crippen molar-refractivity contribution in [1.29, 1.82) is 0 Å². The van der Waals surface area contributed by atoms with E-state index in [9.17, 15) is 0 Å².